The lowest BCUT2D eigenvalue weighted by atomic mass is 10.0. The molecule has 2 N–H and O–H groups in total. The van der Waals surface area contributed by atoms with Gasteiger partial charge in [0.2, 0.25) is 0 Å². The zero-order valence-electron chi connectivity index (χ0n) is 21.1. The number of hydrogen-bond acceptors (Lipinski definition) is 7. The summed E-state index contributed by atoms with van der Waals surface area (Å²) < 4.78 is 10.8. The van der Waals surface area contributed by atoms with E-state index in [4.69, 9.17) is 29.3 Å². The molecule has 2 aromatic rings. The lowest BCUT2D eigenvalue weighted by Crippen LogP contribution is -2.52. The lowest BCUT2D eigenvalue weighted by molar-refractivity contribution is -0.159. The Kier molecular flexibility index (Phi) is 10.5. The molecule has 9 nitrogen and oxygen atoms in total. The Hall–Kier alpha value is -3.14. The van der Waals surface area contributed by atoms with E-state index in [1.807, 2.05) is 6.07 Å². The number of carboxylic acid groups (broad SMARTS) is 2. The zero-order valence-corrected chi connectivity index (χ0v) is 21.1. The van der Waals surface area contributed by atoms with Crippen LogP contribution in [0.25, 0.3) is 0 Å². The Morgan fingerprint density at radius 3 is 1.86 bits per heavy atom. The molecule has 2 heterocycles. The van der Waals surface area contributed by atoms with E-state index in [1.165, 1.54) is 50.1 Å². The molecule has 2 aromatic carbocycles. The fourth-order valence-electron chi connectivity index (χ4n) is 4.81. The standard InChI is InChI=1S/C25H35N3O2.C2H2O4/c1-29-24-9-8-22(18-25(24)30-2)20-27-14-16-28(17-15-27)23-10-12-26(13-11-23)19-21-6-4-3-5-7-21;3-1(4)2(5)6/h3-9,18,23H,10-17,19-20H2,1-2H3;(H,3,4)(H,5,6). The molecule has 0 bridgehead atoms. The first-order valence-electron chi connectivity index (χ1n) is 12.3. The predicted molar refractivity (Wildman–Crippen MR) is 136 cm³/mol. The highest BCUT2D eigenvalue weighted by molar-refractivity contribution is 6.27. The molecular weight excluding hydrogens is 462 g/mol. The van der Waals surface area contributed by atoms with E-state index in [1.54, 1.807) is 14.2 Å². The summed E-state index contributed by atoms with van der Waals surface area (Å²) in [4.78, 5) is 26.1. The van der Waals surface area contributed by atoms with Crippen molar-refractivity contribution in [1.82, 2.24) is 14.7 Å². The van der Waals surface area contributed by atoms with Gasteiger partial charge < -0.3 is 19.7 Å². The first-order valence-corrected chi connectivity index (χ1v) is 12.3. The molecule has 2 aliphatic heterocycles. The molecule has 9 heteroatoms. The summed E-state index contributed by atoms with van der Waals surface area (Å²) in [6.07, 6.45) is 2.59. The van der Waals surface area contributed by atoms with Gasteiger partial charge >= 0.3 is 11.9 Å². The summed E-state index contributed by atoms with van der Waals surface area (Å²) in [6, 6.07) is 17.9. The van der Waals surface area contributed by atoms with E-state index >= 15 is 0 Å². The Morgan fingerprint density at radius 2 is 1.31 bits per heavy atom. The predicted octanol–water partition coefficient (Wildman–Crippen LogP) is 2.64. The Labute approximate surface area is 212 Å². The number of benzene rings is 2. The maximum Gasteiger partial charge on any atom is 0.414 e. The summed E-state index contributed by atoms with van der Waals surface area (Å²) in [7, 11) is 3.38. The topological polar surface area (TPSA) is 103 Å². The van der Waals surface area contributed by atoms with Crippen LogP contribution in [0.3, 0.4) is 0 Å². The number of piperidine rings is 1. The number of carboxylic acids is 2. The van der Waals surface area contributed by atoms with Crippen molar-refractivity contribution in [3.8, 4) is 11.5 Å². The SMILES string of the molecule is COc1ccc(CN2CCN(C3CCN(Cc4ccccc4)CC3)CC2)cc1OC.O=C(O)C(=O)O. The summed E-state index contributed by atoms with van der Waals surface area (Å²) in [6.45, 7) is 9.12. The second-order valence-electron chi connectivity index (χ2n) is 9.10. The normalized spacial score (nSPS) is 17.6. The van der Waals surface area contributed by atoms with E-state index in [9.17, 15) is 0 Å². The molecule has 0 atom stereocenters. The van der Waals surface area contributed by atoms with E-state index in [0.717, 1.165) is 43.7 Å². The van der Waals surface area contributed by atoms with Crippen LogP contribution in [0, 0.1) is 0 Å². The van der Waals surface area contributed by atoms with Crippen LogP contribution in [0.15, 0.2) is 48.5 Å². The first kappa shape index (κ1) is 27.4. The van der Waals surface area contributed by atoms with Crippen molar-refractivity contribution < 1.29 is 29.3 Å². The number of piperazine rings is 1. The molecule has 0 aromatic heterocycles. The summed E-state index contributed by atoms with van der Waals surface area (Å²) >= 11 is 0. The van der Waals surface area contributed by atoms with Crippen LogP contribution in [0.1, 0.15) is 24.0 Å². The minimum atomic E-state index is -1.82. The zero-order chi connectivity index (χ0) is 25.9. The Balaban J connectivity index is 0.000000538. The molecule has 2 fully saturated rings. The average Bonchev–Trinajstić information content (AvgIpc) is 2.90. The van der Waals surface area contributed by atoms with Crippen molar-refractivity contribution >= 4 is 11.9 Å². The number of methoxy groups -OCH3 is 2. The highest BCUT2D eigenvalue weighted by Crippen LogP contribution is 2.28. The molecule has 0 aliphatic carbocycles. The van der Waals surface area contributed by atoms with Gasteiger partial charge in [0.15, 0.2) is 11.5 Å². The van der Waals surface area contributed by atoms with Gasteiger partial charge in [-0.05, 0) is 49.2 Å². The van der Waals surface area contributed by atoms with E-state index in [-0.39, 0.29) is 0 Å². The van der Waals surface area contributed by atoms with Crippen molar-refractivity contribution in [2.75, 3.05) is 53.5 Å². The van der Waals surface area contributed by atoms with Gasteiger partial charge in [-0.15, -0.1) is 0 Å². The lowest BCUT2D eigenvalue weighted by Gasteiger charge is -2.43. The molecule has 2 aliphatic rings. The van der Waals surface area contributed by atoms with Crippen molar-refractivity contribution in [3.05, 3.63) is 59.7 Å². The summed E-state index contributed by atoms with van der Waals surface area (Å²) in [5, 5.41) is 14.8. The third-order valence-electron chi connectivity index (χ3n) is 6.77. The molecule has 2 saturated heterocycles. The van der Waals surface area contributed by atoms with Crippen molar-refractivity contribution in [1.29, 1.82) is 0 Å². The van der Waals surface area contributed by atoms with Crippen LogP contribution < -0.4 is 9.47 Å². The van der Waals surface area contributed by atoms with Crippen molar-refractivity contribution in [3.63, 3.8) is 0 Å². The number of nitrogens with zero attached hydrogens (tertiary/aromatic N) is 3. The Morgan fingerprint density at radius 1 is 0.750 bits per heavy atom. The van der Waals surface area contributed by atoms with Crippen LogP contribution in [0.4, 0.5) is 0 Å². The van der Waals surface area contributed by atoms with E-state index in [0.29, 0.717) is 0 Å². The first-order chi connectivity index (χ1) is 17.4. The Bertz CT molecular complexity index is 959. The van der Waals surface area contributed by atoms with Crippen LogP contribution in [0.5, 0.6) is 11.5 Å². The van der Waals surface area contributed by atoms with Gasteiger partial charge in [0.25, 0.3) is 0 Å². The van der Waals surface area contributed by atoms with Gasteiger partial charge in [-0.3, -0.25) is 14.7 Å². The minimum Gasteiger partial charge on any atom is -0.493 e. The third-order valence-corrected chi connectivity index (χ3v) is 6.77. The molecule has 0 radical (unpaired) electrons. The van der Waals surface area contributed by atoms with Gasteiger partial charge in [-0.2, -0.15) is 0 Å². The molecule has 0 amide bonds. The van der Waals surface area contributed by atoms with Crippen LogP contribution >= 0.6 is 0 Å². The van der Waals surface area contributed by atoms with Crippen LogP contribution in [-0.2, 0) is 22.7 Å². The fourth-order valence-corrected chi connectivity index (χ4v) is 4.81. The monoisotopic (exact) mass is 499 g/mol. The molecule has 0 saturated carbocycles. The average molecular weight is 500 g/mol. The van der Waals surface area contributed by atoms with Crippen molar-refractivity contribution in [2.45, 2.75) is 32.0 Å². The number of likely N-dealkylation sites (tertiary alicyclic amines) is 1. The molecule has 0 spiro atoms. The third kappa shape index (κ3) is 8.22. The molecule has 196 valence electrons. The summed E-state index contributed by atoms with van der Waals surface area (Å²) in [5.41, 5.74) is 2.72. The second-order valence-corrected chi connectivity index (χ2v) is 9.10. The number of carbonyl (C=O) groups is 2. The molecule has 0 unspecified atom stereocenters. The molecule has 36 heavy (non-hydrogen) atoms. The largest absolute Gasteiger partial charge is 0.493 e. The maximum atomic E-state index is 9.10. The quantitative estimate of drug-likeness (QED) is 0.557. The van der Waals surface area contributed by atoms with Gasteiger partial charge in [0.1, 0.15) is 0 Å². The van der Waals surface area contributed by atoms with Crippen molar-refractivity contribution in [2.24, 2.45) is 0 Å². The van der Waals surface area contributed by atoms with Gasteiger partial charge in [-0.1, -0.05) is 36.4 Å². The number of hydrogen-bond donors (Lipinski definition) is 2. The van der Waals surface area contributed by atoms with E-state index < -0.39 is 11.9 Å². The van der Waals surface area contributed by atoms with Crippen LogP contribution in [0.2, 0.25) is 0 Å². The number of rotatable bonds is 7. The smallest absolute Gasteiger partial charge is 0.414 e. The maximum absolute atomic E-state index is 9.10. The molecular formula is C27H37N3O6. The minimum absolute atomic E-state index is 0.750. The molecule has 4 rings (SSSR count). The highest BCUT2D eigenvalue weighted by Gasteiger charge is 2.27. The number of ether oxygens (including phenoxy) is 2. The van der Waals surface area contributed by atoms with Gasteiger partial charge in [0.05, 0.1) is 14.2 Å². The summed E-state index contributed by atoms with van der Waals surface area (Å²) in [5.74, 6) is -2.04. The van der Waals surface area contributed by atoms with Gasteiger partial charge in [0, 0.05) is 45.3 Å². The highest BCUT2D eigenvalue weighted by atomic mass is 16.5. The van der Waals surface area contributed by atoms with Crippen LogP contribution in [-0.4, -0.2) is 96.4 Å². The van der Waals surface area contributed by atoms with Gasteiger partial charge in [-0.25, -0.2) is 9.59 Å². The second kappa shape index (κ2) is 13.8. The fraction of sp³-hybridized carbons (Fsp3) is 0.481. The van der Waals surface area contributed by atoms with E-state index in [2.05, 4.69) is 57.2 Å². The number of aliphatic carboxylic acids is 2.